The Kier molecular flexibility index (Phi) is 4.11. The molecule has 1 aromatic carbocycles. The quantitative estimate of drug-likeness (QED) is 0.850. The average molecular weight is 307 g/mol. The molecular formula is C16H18FNO4. The van der Waals surface area contributed by atoms with Gasteiger partial charge >= 0.3 is 0 Å². The van der Waals surface area contributed by atoms with Gasteiger partial charge in [0.25, 0.3) is 5.91 Å². The number of ether oxygens (including phenoxy) is 2. The number of hydrogen-bond acceptors (Lipinski definition) is 4. The highest BCUT2D eigenvalue weighted by molar-refractivity contribution is 5.93. The number of hydrogen-bond donors (Lipinski definition) is 0. The van der Waals surface area contributed by atoms with Crippen LogP contribution in [0.1, 0.15) is 19.3 Å². The molecule has 118 valence electrons. The van der Waals surface area contributed by atoms with Crippen molar-refractivity contribution in [3.05, 3.63) is 30.1 Å². The number of para-hydroxylation sites is 1. The highest BCUT2D eigenvalue weighted by atomic mass is 19.1. The molecule has 2 fully saturated rings. The summed E-state index contributed by atoms with van der Waals surface area (Å²) in [6.45, 7) is 0.836. The van der Waals surface area contributed by atoms with Crippen LogP contribution in [-0.2, 0) is 14.3 Å². The van der Waals surface area contributed by atoms with E-state index in [-0.39, 0.29) is 30.6 Å². The fourth-order valence-corrected chi connectivity index (χ4v) is 2.97. The highest BCUT2D eigenvalue weighted by Crippen LogP contribution is 2.33. The Balaban J connectivity index is 1.55. The fraction of sp³-hybridized carbons (Fsp3) is 0.500. The molecule has 2 aliphatic rings. The molecule has 1 atom stereocenters. The SMILES string of the molecule is O=C(COc1ccccc1F)N1CC[C@]2(CCCO2)C(=O)C1. The van der Waals surface area contributed by atoms with Crippen molar-refractivity contribution in [1.82, 2.24) is 4.90 Å². The number of halogens is 1. The third-order valence-electron chi connectivity index (χ3n) is 4.27. The molecule has 0 saturated carbocycles. The van der Waals surface area contributed by atoms with Gasteiger partial charge in [-0.05, 0) is 25.0 Å². The summed E-state index contributed by atoms with van der Waals surface area (Å²) in [7, 11) is 0. The van der Waals surface area contributed by atoms with Crippen molar-refractivity contribution in [2.75, 3.05) is 26.3 Å². The van der Waals surface area contributed by atoms with Crippen LogP contribution in [0.3, 0.4) is 0 Å². The largest absolute Gasteiger partial charge is 0.481 e. The molecule has 3 rings (SSSR count). The first-order valence-electron chi connectivity index (χ1n) is 7.43. The summed E-state index contributed by atoms with van der Waals surface area (Å²) in [5, 5.41) is 0. The molecule has 1 amide bonds. The number of likely N-dealkylation sites (tertiary alicyclic amines) is 1. The van der Waals surface area contributed by atoms with E-state index in [1.807, 2.05) is 0 Å². The van der Waals surface area contributed by atoms with Gasteiger partial charge in [-0.2, -0.15) is 0 Å². The lowest BCUT2D eigenvalue weighted by atomic mass is 9.87. The number of benzene rings is 1. The van der Waals surface area contributed by atoms with Gasteiger partial charge in [-0.25, -0.2) is 4.39 Å². The molecule has 0 aromatic heterocycles. The van der Waals surface area contributed by atoms with Crippen LogP contribution in [0.2, 0.25) is 0 Å². The molecule has 5 nitrogen and oxygen atoms in total. The lowest BCUT2D eigenvalue weighted by Gasteiger charge is -2.37. The van der Waals surface area contributed by atoms with Crippen molar-refractivity contribution in [2.45, 2.75) is 24.9 Å². The van der Waals surface area contributed by atoms with Gasteiger partial charge in [-0.3, -0.25) is 9.59 Å². The molecule has 1 aromatic rings. The summed E-state index contributed by atoms with van der Waals surface area (Å²) in [5.41, 5.74) is -0.677. The van der Waals surface area contributed by atoms with E-state index < -0.39 is 11.4 Å². The molecule has 1 spiro atoms. The summed E-state index contributed by atoms with van der Waals surface area (Å²) in [5.74, 6) is -0.835. The normalized spacial score (nSPS) is 24.8. The minimum Gasteiger partial charge on any atom is -0.481 e. The molecule has 2 heterocycles. The molecule has 0 radical (unpaired) electrons. The van der Waals surface area contributed by atoms with Crippen molar-refractivity contribution in [3.8, 4) is 5.75 Å². The van der Waals surface area contributed by atoms with Crippen LogP contribution >= 0.6 is 0 Å². The zero-order valence-electron chi connectivity index (χ0n) is 12.2. The van der Waals surface area contributed by atoms with Crippen LogP contribution in [0, 0.1) is 5.82 Å². The van der Waals surface area contributed by atoms with E-state index in [4.69, 9.17) is 9.47 Å². The molecule has 6 heteroatoms. The summed E-state index contributed by atoms with van der Waals surface area (Å²) in [6, 6.07) is 5.92. The number of piperidine rings is 1. The molecular weight excluding hydrogens is 289 g/mol. The van der Waals surface area contributed by atoms with Gasteiger partial charge in [0.2, 0.25) is 0 Å². The minimum atomic E-state index is -0.677. The number of rotatable bonds is 3. The molecule has 2 aliphatic heterocycles. The Hall–Kier alpha value is -1.95. The summed E-state index contributed by atoms with van der Waals surface area (Å²) >= 11 is 0. The Morgan fingerprint density at radius 1 is 1.36 bits per heavy atom. The third kappa shape index (κ3) is 2.83. The first-order chi connectivity index (χ1) is 10.6. The minimum absolute atomic E-state index is 0.0368. The summed E-state index contributed by atoms with van der Waals surface area (Å²) < 4.78 is 24.2. The number of Topliss-reactive ketones (excluding diaryl/α,β-unsaturated/α-hetero) is 1. The number of nitrogens with zero attached hydrogens (tertiary/aromatic N) is 1. The van der Waals surface area contributed by atoms with E-state index in [9.17, 15) is 14.0 Å². The first-order valence-corrected chi connectivity index (χ1v) is 7.43. The predicted molar refractivity (Wildman–Crippen MR) is 76.0 cm³/mol. The van der Waals surface area contributed by atoms with E-state index in [0.29, 0.717) is 19.6 Å². The van der Waals surface area contributed by atoms with Crippen LogP contribution in [-0.4, -0.2) is 48.5 Å². The Labute approximate surface area is 128 Å². The van der Waals surface area contributed by atoms with Gasteiger partial charge in [0, 0.05) is 19.6 Å². The summed E-state index contributed by atoms with van der Waals surface area (Å²) in [4.78, 5) is 25.8. The van der Waals surface area contributed by atoms with E-state index in [1.165, 1.54) is 17.0 Å². The number of amides is 1. The monoisotopic (exact) mass is 307 g/mol. The van der Waals surface area contributed by atoms with Crippen LogP contribution in [0.5, 0.6) is 5.75 Å². The Morgan fingerprint density at radius 3 is 2.86 bits per heavy atom. The van der Waals surface area contributed by atoms with Crippen molar-refractivity contribution < 1.29 is 23.5 Å². The smallest absolute Gasteiger partial charge is 0.260 e. The van der Waals surface area contributed by atoms with Gasteiger partial charge < -0.3 is 14.4 Å². The van der Waals surface area contributed by atoms with Crippen LogP contribution in [0.4, 0.5) is 4.39 Å². The molecule has 2 saturated heterocycles. The number of ketones is 1. The van der Waals surface area contributed by atoms with Crippen molar-refractivity contribution >= 4 is 11.7 Å². The molecule has 0 bridgehead atoms. The van der Waals surface area contributed by atoms with Crippen molar-refractivity contribution in [1.29, 1.82) is 0 Å². The predicted octanol–water partition coefficient (Wildman–Crippen LogP) is 1.56. The Bertz CT molecular complexity index is 583. The third-order valence-corrected chi connectivity index (χ3v) is 4.27. The molecule has 0 N–H and O–H groups in total. The van der Waals surface area contributed by atoms with Gasteiger partial charge in [-0.1, -0.05) is 12.1 Å². The lowest BCUT2D eigenvalue weighted by Crippen LogP contribution is -2.54. The van der Waals surface area contributed by atoms with E-state index in [1.54, 1.807) is 12.1 Å². The number of carbonyl (C=O) groups excluding carboxylic acids is 2. The summed E-state index contributed by atoms with van der Waals surface area (Å²) in [6.07, 6.45) is 2.15. The van der Waals surface area contributed by atoms with Crippen molar-refractivity contribution in [2.24, 2.45) is 0 Å². The Morgan fingerprint density at radius 2 is 2.18 bits per heavy atom. The zero-order valence-corrected chi connectivity index (χ0v) is 12.2. The maximum absolute atomic E-state index is 13.4. The lowest BCUT2D eigenvalue weighted by molar-refractivity contribution is -0.153. The van der Waals surface area contributed by atoms with E-state index in [0.717, 1.165) is 12.8 Å². The second kappa shape index (κ2) is 6.04. The van der Waals surface area contributed by atoms with Gasteiger partial charge in [0.05, 0.1) is 6.54 Å². The van der Waals surface area contributed by atoms with Crippen LogP contribution in [0.15, 0.2) is 24.3 Å². The second-order valence-electron chi connectivity index (χ2n) is 5.65. The average Bonchev–Trinajstić information content (AvgIpc) is 2.99. The molecule has 0 unspecified atom stereocenters. The van der Waals surface area contributed by atoms with Crippen LogP contribution in [0.25, 0.3) is 0 Å². The van der Waals surface area contributed by atoms with E-state index in [2.05, 4.69) is 0 Å². The van der Waals surface area contributed by atoms with Crippen LogP contribution < -0.4 is 4.74 Å². The maximum Gasteiger partial charge on any atom is 0.260 e. The van der Waals surface area contributed by atoms with Crippen molar-refractivity contribution in [3.63, 3.8) is 0 Å². The zero-order chi connectivity index (χ0) is 15.6. The topological polar surface area (TPSA) is 55.8 Å². The molecule has 22 heavy (non-hydrogen) atoms. The van der Waals surface area contributed by atoms with Gasteiger partial charge in [-0.15, -0.1) is 0 Å². The van der Waals surface area contributed by atoms with E-state index >= 15 is 0 Å². The first kappa shape index (κ1) is 15.0. The number of carbonyl (C=O) groups is 2. The maximum atomic E-state index is 13.4. The molecule has 0 aliphatic carbocycles. The second-order valence-corrected chi connectivity index (χ2v) is 5.65. The standard InChI is InChI=1S/C16H18FNO4/c17-12-4-1-2-5-13(12)21-11-15(20)18-8-7-16(14(19)10-18)6-3-9-22-16/h1-2,4-5H,3,6-11H2/t16-/m1/s1. The fourth-order valence-electron chi connectivity index (χ4n) is 2.97. The van der Waals surface area contributed by atoms with Gasteiger partial charge in [0.15, 0.2) is 24.0 Å². The van der Waals surface area contributed by atoms with Gasteiger partial charge in [0.1, 0.15) is 5.60 Å². The highest BCUT2D eigenvalue weighted by Gasteiger charge is 2.46.